The molecule has 6 heteroatoms. The molecule has 1 spiro atoms. The summed E-state index contributed by atoms with van der Waals surface area (Å²) in [6.45, 7) is 2.49. The fraction of sp³-hybridized carbons (Fsp3) is 0.435. The molecule has 1 aromatic carbocycles. The Morgan fingerprint density at radius 1 is 1.07 bits per heavy atom. The molecule has 152 valence electrons. The van der Waals surface area contributed by atoms with Crippen molar-refractivity contribution in [1.29, 1.82) is 0 Å². The number of benzene rings is 1. The number of aliphatic hydroxyl groups excluding tert-OH is 1. The van der Waals surface area contributed by atoms with E-state index in [0.29, 0.717) is 38.2 Å². The number of piperidine rings is 2. The minimum Gasteiger partial charge on any atom is -0.378 e. The number of nitrogens with zero attached hydrogens (tertiary/aromatic N) is 3. The zero-order chi connectivity index (χ0) is 20.3. The molecule has 6 nitrogen and oxygen atoms in total. The van der Waals surface area contributed by atoms with E-state index in [1.165, 1.54) is 0 Å². The molecule has 1 aromatic heterocycles. The van der Waals surface area contributed by atoms with Gasteiger partial charge in [-0.05, 0) is 42.4 Å². The third kappa shape index (κ3) is 4.32. The molecule has 0 unspecified atom stereocenters. The van der Waals surface area contributed by atoms with Gasteiger partial charge in [-0.1, -0.05) is 36.4 Å². The van der Waals surface area contributed by atoms with Gasteiger partial charge in [-0.25, -0.2) is 0 Å². The lowest BCUT2D eigenvalue weighted by atomic mass is 9.72. The van der Waals surface area contributed by atoms with Crippen molar-refractivity contribution in [3.8, 4) is 0 Å². The summed E-state index contributed by atoms with van der Waals surface area (Å²) < 4.78 is 0. The van der Waals surface area contributed by atoms with Crippen molar-refractivity contribution in [3.05, 3.63) is 66.0 Å². The summed E-state index contributed by atoms with van der Waals surface area (Å²) in [5.74, 6) is -0.0532. The zero-order valence-electron chi connectivity index (χ0n) is 16.5. The van der Waals surface area contributed by atoms with E-state index in [1.54, 1.807) is 23.2 Å². The van der Waals surface area contributed by atoms with E-state index in [0.717, 1.165) is 25.0 Å². The lowest BCUT2D eigenvalue weighted by molar-refractivity contribution is -0.147. The van der Waals surface area contributed by atoms with Gasteiger partial charge in [0.05, 0.1) is 12.2 Å². The molecule has 2 fully saturated rings. The van der Waals surface area contributed by atoms with E-state index in [2.05, 4.69) is 4.98 Å². The van der Waals surface area contributed by atoms with Crippen LogP contribution in [0.15, 0.2) is 54.7 Å². The van der Waals surface area contributed by atoms with Crippen LogP contribution in [-0.4, -0.2) is 51.3 Å². The van der Waals surface area contributed by atoms with Crippen molar-refractivity contribution in [2.45, 2.75) is 38.3 Å². The van der Waals surface area contributed by atoms with E-state index in [9.17, 15) is 14.7 Å². The molecule has 29 heavy (non-hydrogen) atoms. The van der Waals surface area contributed by atoms with Crippen LogP contribution in [0, 0.1) is 5.41 Å². The highest BCUT2D eigenvalue weighted by molar-refractivity contribution is 5.82. The molecular weight excluding hydrogens is 366 g/mol. The van der Waals surface area contributed by atoms with Gasteiger partial charge in [0.15, 0.2) is 6.10 Å². The number of carbonyl (C=O) groups excluding carboxylic acids is 2. The average molecular weight is 393 g/mol. The predicted octanol–water partition coefficient (Wildman–Crippen LogP) is 2.55. The molecule has 0 bridgehead atoms. The summed E-state index contributed by atoms with van der Waals surface area (Å²) in [4.78, 5) is 33.2. The van der Waals surface area contributed by atoms with Crippen molar-refractivity contribution in [2.75, 3.05) is 19.6 Å². The lowest BCUT2D eigenvalue weighted by Crippen LogP contribution is -2.52. The smallest absolute Gasteiger partial charge is 0.256 e. The first-order valence-corrected chi connectivity index (χ1v) is 10.3. The Morgan fingerprint density at radius 2 is 1.79 bits per heavy atom. The Bertz CT molecular complexity index is 848. The molecule has 0 saturated carbocycles. The molecule has 0 radical (unpaired) electrons. The number of carbonyl (C=O) groups is 2. The first kappa shape index (κ1) is 19.6. The number of pyridine rings is 1. The second kappa shape index (κ2) is 8.33. The Balaban J connectivity index is 1.37. The minimum absolute atomic E-state index is 0.0527. The van der Waals surface area contributed by atoms with E-state index < -0.39 is 6.10 Å². The first-order chi connectivity index (χ1) is 14.1. The van der Waals surface area contributed by atoms with Crippen molar-refractivity contribution in [3.63, 3.8) is 0 Å². The highest BCUT2D eigenvalue weighted by Gasteiger charge is 2.42. The van der Waals surface area contributed by atoms with Crippen LogP contribution in [0.3, 0.4) is 0 Å². The van der Waals surface area contributed by atoms with Gasteiger partial charge >= 0.3 is 0 Å². The number of hydrogen-bond acceptors (Lipinski definition) is 4. The highest BCUT2D eigenvalue weighted by atomic mass is 16.3. The van der Waals surface area contributed by atoms with Crippen molar-refractivity contribution >= 4 is 11.8 Å². The SMILES string of the molecule is O=C1CCC2(CCN(C(=O)[C@H](O)c3ccccc3)CC2)CN1Cc1ccccn1. The van der Waals surface area contributed by atoms with E-state index >= 15 is 0 Å². The molecular formula is C23H27N3O3. The topological polar surface area (TPSA) is 73.7 Å². The van der Waals surface area contributed by atoms with Gasteiger partial charge in [0.1, 0.15) is 0 Å². The molecule has 3 heterocycles. The molecule has 1 N–H and O–H groups in total. The summed E-state index contributed by atoms with van der Waals surface area (Å²) in [5, 5.41) is 10.4. The third-order valence-electron chi connectivity index (χ3n) is 6.31. The molecule has 2 amide bonds. The Morgan fingerprint density at radius 3 is 2.48 bits per heavy atom. The monoisotopic (exact) mass is 393 g/mol. The third-order valence-corrected chi connectivity index (χ3v) is 6.31. The van der Waals surface area contributed by atoms with Crippen molar-refractivity contribution < 1.29 is 14.7 Å². The van der Waals surface area contributed by atoms with E-state index in [4.69, 9.17) is 0 Å². The second-order valence-corrected chi connectivity index (χ2v) is 8.21. The second-order valence-electron chi connectivity index (χ2n) is 8.21. The van der Waals surface area contributed by atoms with Gasteiger partial charge in [-0.3, -0.25) is 14.6 Å². The van der Waals surface area contributed by atoms with Crippen LogP contribution in [0.1, 0.15) is 43.0 Å². The molecule has 0 aliphatic carbocycles. The van der Waals surface area contributed by atoms with E-state index in [1.807, 2.05) is 41.3 Å². The first-order valence-electron chi connectivity index (χ1n) is 10.3. The summed E-state index contributed by atoms with van der Waals surface area (Å²) in [6, 6.07) is 14.8. The average Bonchev–Trinajstić information content (AvgIpc) is 2.77. The van der Waals surface area contributed by atoms with Gasteiger partial charge in [0.2, 0.25) is 5.91 Å². The maximum atomic E-state index is 12.7. The van der Waals surface area contributed by atoms with Crippen LogP contribution >= 0.6 is 0 Å². The molecule has 2 aromatic rings. The number of aromatic nitrogens is 1. The predicted molar refractivity (Wildman–Crippen MR) is 109 cm³/mol. The van der Waals surface area contributed by atoms with Gasteiger partial charge in [0.25, 0.3) is 5.91 Å². The number of likely N-dealkylation sites (tertiary alicyclic amines) is 2. The minimum atomic E-state index is -1.11. The van der Waals surface area contributed by atoms with E-state index in [-0.39, 0.29) is 17.2 Å². The van der Waals surface area contributed by atoms with Gasteiger partial charge in [-0.15, -0.1) is 0 Å². The van der Waals surface area contributed by atoms with Gasteiger partial charge < -0.3 is 14.9 Å². The van der Waals surface area contributed by atoms with Crippen molar-refractivity contribution in [1.82, 2.24) is 14.8 Å². The standard InChI is InChI=1S/C23H27N3O3/c27-20-9-10-23(17-26(20)16-19-8-4-5-13-24-19)11-14-25(15-12-23)22(29)21(28)18-6-2-1-3-7-18/h1-8,13,21,28H,9-12,14-17H2/t21-/m1/s1. The molecule has 2 aliphatic heterocycles. The normalized spacial score (nSPS) is 20.0. The van der Waals surface area contributed by atoms with Crippen molar-refractivity contribution in [2.24, 2.45) is 5.41 Å². The highest BCUT2D eigenvalue weighted by Crippen LogP contribution is 2.41. The maximum Gasteiger partial charge on any atom is 0.256 e. The number of rotatable bonds is 4. The quantitative estimate of drug-likeness (QED) is 0.866. The van der Waals surface area contributed by atoms with Gasteiger partial charge in [0, 0.05) is 32.3 Å². The Kier molecular flexibility index (Phi) is 5.62. The molecule has 2 aliphatic rings. The van der Waals surface area contributed by atoms with Crippen LogP contribution in [0.2, 0.25) is 0 Å². The Hall–Kier alpha value is -2.73. The summed E-state index contributed by atoms with van der Waals surface area (Å²) in [5.41, 5.74) is 1.58. The van der Waals surface area contributed by atoms with Crippen LogP contribution < -0.4 is 0 Å². The van der Waals surface area contributed by atoms with Crippen LogP contribution in [0.4, 0.5) is 0 Å². The fourth-order valence-electron chi connectivity index (χ4n) is 4.49. The fourth-order valence-corrected chi connectivity index (χ4v) is 4.49. The zero-order valence-corrected chi connectivity index (χ0v) is 16.5. The lowest BCUT2D eigenvalue weighted by Gasteiger charge is -2.47. The number of amides is 2. The van der Waals surface area contributed by atoms with Crippen LogP contribution in [-0.2, 0) is 16.1 Å². The molecule has 4 rings (SSSR count). The Labute approximate surface area is 171 Å². The summed E-state index contributed by atoms with van der Waals surface area (Å²) in [7, 11) is 0. The largest absolute Gasteiger partial charge is 0.378 e. The molecule has 2 saturated heterocycles. The summed E-state index contributed by atoms with van der Waals surface area (Å²) in [6.07, 6.45) is 3.76. The number of aliphatic hydroxyl groups is 1. The molecule has 1 atom stereocenters. The maximum absolute atomic E-state index is 12.7. The van der Waals surface area contributed by atoms with Gasteiger partial charge in [-0.2, -0.15) is 0 Å². The van der Waals surface area contributed by atoms with Crippen LogP contribution in [0.25, 0.3) is 0 Å². The van der Waals surface area contributed by atoms with Crippen LogP contribution in [0.5, 0.6) is 0 Å². The summed E-state index contributed by atoms with van der Waals surface area (Å²) >= 11 is 0. The number of hydrogen-bond donors (Lipinski definition) is 1.